The van der Waals surface area contributed by atoms with Crippen molar-refractivity contribution in [2.75, 3.05) is 0 Å². The van der Waals surface area contributed by atoms with Crippen molar-refractivity contribution in [2.45, 2.75) is 50.7 Å². The molecule has 0 radical (unpaired) electrons. The number of rotatable bonds is 4. The van der Waals surface area contributed by atoms with Gasteiger partial charge in [-0.1, -0.05) is 37.5 Å². The summed E-state index contributed by atoms with van der Waals surface area (Å²) < 4.78 is 10.6. The molecule has 2 aromatic rings. The van der Waals surface area contributed by atoms with Crippen LogP contribution in [-0.2, 0) is 9.53 Å². The summed E-state index contributed by atoms with van der Waals surface area (Å²) in [6.45, 7) is 1.49. The Balaban J connectivity index is 1.64. The first-order valence-corrected chi connectivity index (χ1v) is 8.46. The van der Waals surface area contributed by atoms with Crippen LogP contribution < -0.4 is 5.32 Å². The molecule has 0 bridgehead atoms. The first-order valence-electron chi connectivity index (χ1n) is 8.46. The lowest BCUT2D eigenvalue weighted by atomic mass is 9.83. The van der Waals surface area contributed by atoms with Crippen LogP contribution in [0.15, 0.2) is 34.7 Å². The van der Waals surface area contributed by atoms with Gasteiger partial charge in [-0.05, 0) is 31.9 Å². The third-order valence-corrected chi connectivity index (χ3v) is 4.56. The Morgan fingerprint density at radius 1 is 1.28 bits per heavy atom. The molecule has 3 rings (SSSR count). The van der Waals surface area contributed by atoms with Gasteiger partial charge in [0.25, 0.3) is 5.91 Å². The molecule has 0 saturated heterocycles. The molecular weight excluding hydrogens is 320 g/mol. The number of para-hydroxylation sites is 1. The van der Waals surface area contributed by atoms with Crippen molar-refractivity contribution in [1.82, 2.24) is 5.32 Å². The third-order valence-electron chi connectivity index (χ3n) is 4.56. The molecule has 6 heteroatoms. The topological polar surface area (TPSA) is 92.3 Å². The van der Waals surface area contributed by atoms with E-state index in [2.05, 4.69) is 11.4 Å². The molecule has 25 heavy (non-hydrogen) atoms. The van der Waals surface area contributed by atoms with Crippen molar-refractivity contribution in [3.63, 3.8) is 0 Å². The Hall–Kier alpha value is -2.81. The van der Waals surface area contributed by atoms with Gasteiger partial charge in [0.05, 0.1) is 6.07 Å². The fourth-order valence-electron chi connectivity index (χ4n) is 3.11. The van der Waals surface area contributed by atoms with E-state index in [0.717, 1.165) is 24.6 Å². The van der Waals surface area contributed by atoms with Crippen molar-refractivity contribution in [3.8, 4) is 6.07 Å². The summed E-state index contributed by atoms with van der Waals surface area (Å²) in [7, 11) is 0. The summed E-state index contributed by atoms with van der Waals surface area (Å²) >= 11 is 0. The molecule has 0 aliphatic heterocycles. The molecule has 1 amide bonds. The van der Waals surface area contributed by atoms with E-state index in [9.17, 15) is 14.9 Å². The zero-order valence-electron chi connectivity index (χ0n) is 14.1. The summed E-state index contributed by atoms with van der Waals surface area (Å²) in [5.74, 6) is -1.12. The second kappa shape index (κ2) is 6.98. The molecule has 1 saturated carbocycles. The average Bonchev–Trinajstić information content (AvgIpc) is 3.06. The number of hydrogen-bond donors (Lipinski definition) is 1. The van der Waals surface area contributed by atoms with Crippen LogP contribution in [0, 0.1) is 11.3 Å². The summed E-state index contributed by atoms with van der Waals surface area (Å²) in [6.07, 6.45) is 3.12. The smallest absolute Gasteiger partial charge is 0.375 e. The molecule has 0 unspecified atom stereocenters. The number of nitriles is 1. The molecule has 6 nitrogen and oxygen atoms in total. The number of fused-ring (bicyclic) bond motifs is 1. The largest absolute Gasteiger partial charge is 0.449 e. The predicted molar refractivity (Wildman–Crippen MR) is 90.7 cm³/mol. The minimum atomic E-state index is -1.01. The van der Waals surface area contributed by atoms with Crippen molar-refractivity contribution >= 4 is 22.8 Å². The van der Waals surface area contributed by atoms with Gasteiger partial charge in [0.2, 0.25) is 5.76 Å². The maximum atomic E-state index is 12.3. The lowest BCUT2D eigenvalue weighted by Gasteiger charge is -2.32. The Morgan fingerprint density at radius 3 is 2.68 bits per heavy atom. The molecule has 1 heterocycles. The van der Waals surface area contributed by atoms with Crippen molar-refractivity contribution < 1.29 is 18.7 Å². The van der Waals surface area contributed by atoms with E-state index in [4.69, 9.17) is 9.15 Å². The lowest BCUT2D eigenvalue weighted by Crippen LogP contribution is -2.52. The third kappa shape index (κ3) is 3.66. The van der Waals surface area contributed by atoms with Crippen molar-refractivity contribution in [3.05, 3.63) is 36.1 Å². The van der Waals surface area contributed by atoms with Gasteiger partial charge in [0.15, 0.2) is 6.10 Å². The zero-order valence-corrected chi connectivity index (χ0v) is 14.1. The van der Waals surface area contributed by atoms with Crippen LogP contribution in [0.1, 0.15) is 49.6 Å². The molecule has 1 N–H and O–H groups in total. The average molecular weight is 340 g/mol. The Morgan fingerprint density at radius 2 is 2.00 bits per heavy atom. The van der Waals surface area contributed by atoms with Gasteiger partial charge in [0.1, 0.15) is 11.1 Å². The number of furan rings is 1. The standard InChI is InChI=1S/C19H20N2O4/c1-13(17(22)21-19(12-20)9-5-2-6-10-19)24-18(23)16-11-14-7-3-4-8-15(14)25-16/h3-4,7-8,11,13H,2,5-6,9-10H2,1H3,(H,21,22)/t13-/m1/s1. The van der Waals surface area contributed by atoms with E-state index >= 15 is 0 Å². The summed E-state index contributed by atoms with van der Waals surface area (Å²) in [5, 5.41) is 13.0. The number of carbonyl (C=O) groups excluding carboxylic acids is 2. The number of ether oxygens (including phenoxy) is 1. The van der Waals surface area contributed by atoms with Gasteiger partial charge in [0, 0.05) is 5.39 Å². The van der Waals surface area contributed by atoms with Gasteiger partial charge in [-0.2, -0.15) is 5.26 Å². The van der Waals surface area contributed by atoms with E-state index < -0.39 is 23.5 Å². The van der Waals surface area contributed by atoms with Crippen LogP contribution in [0.4, 0.5) is 0 Å². The Bertz CT molecular complexity index is 794. The van der Waals surface area contributed by atoms with E-state index in [1.165, 1.54) is 6.92 Å². The van der Waals surface area contributed by atoms with Gasteiger partial charge in [-0.25, -0.2) is 4.79 Å². The van der Waals surface area contributed by atoms with Crippen molar-refractivity contribution in [2.24, 2.45) is 0 Å². The van der Waals surface area contributed by atoms with Crippen LogP contribution in [-0.4, -0.2) is 23.5 Å². The molecular formula is C19H20N2O4. The van der Waals surface area contributed by atoms with E-state index in [0.29, 0.717) is 18.4 Å². The van der Waals surface area contributed by atoms with Crippen LogP contribution in [0.5, 0.6) is 0 Å². The van der Waals surface area contributed by atoms with Crippen LogP contribution >= 0.6 is 0 Å². The first-order chi connectivity index (χ1) is 12.0. The van der Waals surface area contributed by atoms with Gasteiger partial charge >= 0.3 is 5.97 Å². The van der Waals surface area contributed by atoms with Gasteiger partial charge in [-0.15, -0.1) is 0 Å². The minimum Gasteiger partial charge on any atom is -0.449 e. The highest BCUT2D eigenvalue weighted by atomic mass is 16.6. The Labute approximate surface area is 145 Å². The van der Waals surface area contributed by atoms with Crippen LogP contribution in [0.25, 0.3) is 11.0 Å². The maximum Gasteiger partial charge on any atom is 0.375 e. The molecule has 130 valence electrons. The SMILES string of the molecule is C[C@@H](OC(=O)c1cc2ccccc2o1)C(=O)NC1(C#N)CCCCC1. The number of esters is 1. The number of benzene rings is 1. The maximum absolute atomic E-state index is 12.3. The summed E-state index contributed by atoms with van der Waals surface area (Å²) in [4.78, 5) is 24.6. The second-order valence-corrected chi connectivity index (χ2v) is 6.44. The monoisotopic (exact) mass is 340 g/mol. The van der Waals surface area contributed by atoms with Gasteiger partial charge < -0.3 is 14.5 Å². The van der Waals surface area contributed by atoms with Crippen LogP contribution in [0.3, 0.4) is 0 Å². The highest BCUT2D eigenvalue weighted by Crippen LogP contribution is 2.27. The molecule has 1 aromatic carbocycles. The number of amides is 1. The molecule has 1 aliphatic rings. The van der Waals surface area contributed by atoms with Gasteiger partial charge in [-0.3, -0.25) is 4.79 Å². The van der Waals surface area contributed by atoms with E-state index in [-0.39, 0.29) is 5.76 Å². The van der Waals surface area contributed by atoms with Crippen molar-refractivity contribution in [1.29, 1.82) is 5.26 Å². The number of nitrogens with one attached hydrogen (secondary N) is 1. The fraction of sp³-hybridized carbons (Fsp3) is 0.421. The van der Waals surface area contributed by atoms with E-state index in [1.807, 2.05) is 18.2 Å². The lowest BCUT2D eigenvalue weighted by molar-refractivity contribution is -0.130. The highest BCUT2D eigenvalue weighted by Gasteiger charge is 2.35. The van der Waals surface area contributed by atoms with E-state index in [1.54, 1.807) is 12.1 Å². The highest BCUT2D eigenvalue weighted by molar-refractivity contribution is 5.94. The second-order valence-electron chi connectivity index (χ2n) is 6.44. The number of hydrogen-bond acceptors (Lipinski definition) is 5. The first kappa shape index (κ1) is 17.0. The molecule has 1 fully saturated rings. The molecule has 0 spiro atoms. The molecule has 1 aromatic heterocycles. The minimum absolute atomic E-state index is 0.0495. The quantitative estimate of drug-likeness (QED) is 0.862. The zero-order chi connectivity index (χ0) is 17.9. The molecule has 1 atom stereocenters. The Kier molecular flexibility index (Phi) is 4.75. The summed E-state index contributed by atoms with van der Waals surface area (Å²) in [5.41, 5.74) is -0.271. The molecule has 1 aliphatic carbocycles. The normalized spacial score (nSPS) is 17.4. The number of nitrogens with zero attached hydrogens (tertiary/aromatic N) is 1. The predicted octanol–water partition coefficient (Wildman–Crippen LogP) is 3.32. The summed E-state index contributed by atoms with van der Waals surface area (Å²) in [6, 6.07) is 11.0. The number of carbonyl (C=O) groups is 2. The fourth-order valence-corrected chi connectivity index (χ4v) is 3.11. The van der Waals surface area contributed by atoms with Crippen LogP contribution in [0.2, 0.25) is 0 Å².